The van der Waals surface area contributed by atoms with Gasteiger partial charge in [0.15, 0.2) is 0 Å². The molecule has 7 heteroatoms. The number of hydrogen-bond donors (Lipinski definition) is 1. The highest BCUT2D eigenvalue weighted by atomic mass is 16.5. The third kappa shape index (κ3) is 4.40. The maximum absolute atomic E-state index is 13.7. The summed E-state index contributed by atoms with van der Waals surface area (Å²) in [6, 6.07) is 14.9. The van der Waals surface area contributed by atoms with Crippen molar-refractivity contribution >= 4 is 11.8 Å². The van der Waals surface area contributed by atoms with E-state index in [2.05, 4.69) is 19.2 Å². The summed E-state index contributed by atoms with van der Waals surface area (Å²) in [5.74, 6) is 1.49. The third-order valence-electron chi connectivity index (χ3n) is 6.25. The van der Waals surface area contributed by atoms with E-state index in [0.29, 0.717) is 42.8 Å². The molecule has 1 atom stereocenters. The van der Waals surface area contributed by atoms with Crippen molar-refractivity contribution in [1.29, 1.82) is 0 Å². The summed E-state index contributed by atoms with van der Waals surface area (Å²) >= 11 is 0. The standard InChI is InChI=1S/C26H31N3O4/c1-18(2)12-13-27-25(31)26(3)17-28-21(23-9-6-14-33-23)10-11-22(28)24(30)29(26)16-19-7-5-8-20(15-19)32-4/h5-11,14-15,18H,12-13,16-17H2,1-4H3,(H,27,31)/t26-/m0/s1. The molecule has 0 aliphatic carbocycles. The maximum atomic E-state index is 13.7. The number of ether oxygens (including phenoxy) is 1. The number of methoxy groups -OCH3 is 1. The van der Waals surface area contributed by atoms with Crippen molar-refractivity contribution in [2.75, 3.05) is 13.7 Å². The molecule has 1 aliphatic heterocycles. The number of carbonyl (C=O) groups excluding carboxylic acids is 2. The molecule has 0 radical (unpaired) electrons. The number of rotatable bonds is 8. The summed E-state index contributed by atoms with van der Waals surface area (Å²) in [6.45, 7) is 7.27. The van der Waals surface area contributed by atoms with Crippen molar-refractivity contribution in [3.05, 3.63) is 66.1 Å². The normalized spacial score (nSPS) is 17.8. The van der Waals surface area contributed by atoms with Gasteiger partial charge in [0.1, 0.15) is 22.7 Å². The van der Waals surface area contributed by atoms with E-state index in [9.17, 15) is 9.59 Å². The summed E-state index contributed by atoms with van der Waals surface area (Å²) in [5, 5.41) is 3.07. The molecular weight excluding hydrogens is 418 g/mol. The van der Waals surface area contributed by atoms with Gasteiger partial charge in [-0.05, 0) is 61.2 Å². The molecule has 0 unspecified atom stereocenters. The first-order valence-corrected chi connectivity index (χ1v) is 11.3. The molecule has 3 heterocycles. The van der Waals surface area contributed by atoms with Crippen molar-refractivity contribution < 1.29 is 18.7 Å². The Kier molecular flexibility index (Phi) is 6.31. The number of amides is 2. The Bertz CT molecular complexity index is 1130. The number of furan rings is 1. The summed E-state index contributed by atoms with van der Waals surface area (Å²) in [7, 11) is 1.61. The van der Waals surface area contributed by atoms with Crippen molar-refractivity contribution in [1.82, 2.24) is 14.8 Å². The number of nitrogens with zero attached hydrogens (tertiary/aromatic N) is 2. The van der Waals surface area contributed by atoms with E-state index >= 15 is 0 Å². The molecule has 0 saturated heterocycles. The highest BCUT2D eigenvalue weighted by molar-refractivity contribution is 6.00. The quantitative estimate of drug-likeness (QED) is 0.555. The fourth-order valence-corrected chi connectivity index (χ4v) is 4.28. The predicted octanol–water partition coefficient (Wildman–Crippen LogP) is 4.33. The molecule has 1 N–H and O–H groups in total. The number of fused-ring (bicyclic) bond motifs is 1. The fourth-order valence-electron chi connectivity index (χ4n) is 4.28. The lowest BCUT2D eigenvalue weighted by Crippen LogP contribution is -2.63. The molecule has 0 saturated carbocycles. The number of benzene rings is 1. The Morgan fingerprint density at radius 1 is 1.18 bits per heavy atom. The maximum Gasteiger partial charge on any atom is 0.271 e. The Morgan fingerprint density at radius 2 is 1.97 bits per heavy atom. The van der Waals surface area contributed by atoms with Gasteiger partial charge in [-0.15, -0.1) is 0 Å². The van der Waals surface area contributed by atoms with Gasteiger partial charge in [0, 0.05) is 13.1 Å². The lowest BCUT2D eigenvalue weighted by Gasteiger charge is -2.44. The molecule has 7 nitrogen and oxygen atoms in total. The molecule has 2 aromatic heterocycles. The Morgan fingerprint density at radius 3 is 2.67 bits per heavy atom. The van der Waals surface area contributed by atoms with Crippen LogP contribution in [0, 0.1) is 5.92 Å². The highest BCUT2D eigenvalue weighted by Gasteiger charge is 2.47. The molecular formula is C26H31N3O4. The zero-order valence-electron chi connectivity index (χ0n) is 19.6. The van der Waals surface area contributed by atoms with E-state index in [0.717, 1.165) is 17.7 Å². The Labute approximate surface area is 194 Å². The molecule has 33 heavy (non-hydrogen) atoms. The van der Waals surface area contributed by atoms with E-state index in [1.807, 2.05) is 54.0 Å². The van der Waals surface area contributed by atoms with Gasteiger partial charge in [0.25, 0.3) is 5.91 Å². The molecule has 0 spiro atoms. The first-order valence-electron chi connectivity index (χ1n) is 11.3. The van der Waals surface area contributed by atoms with Crippen molar-refractivity contribution in [3.63, 3.8) is 0 Å². The largest absolute Gasteiger partial charge is 0.497 e. The van der Waals surface area contributed by atoms with Crippen LogP contribution in [0.25, 0.3) is 11.5 Å². The fraction of sp³-hybridized carbons (Fsp3) is 0.385. The van der Waals surface area contributed by atoms with Gasteiger partial charge in [-0.1, -0.05) is 26.0 Å². The van der Waals surface area contributed by atoms with Gasteiger partial charge in [-0.25, -0.2) is 0 Å². The van der Waals surface area contributed by atoms with Gasteiger partial charge >= 0.3 is 0 Å². The van der Waals surface area contributed by atoms with Crippen LogP contribution < -0.4 is 10.1 Å². The van der Waals surface area contributed by atoms with Crippen LogP contribution in [0.2, 0.25) is 0 Å². The number of carbonyl (C=O) groups is 2. The summed E-state index contributed by atoms with van der Waals surface area (Å²) < 4.78 is 12.8. The number of aromatic nitrogens is 1. The molecule has 1 aromatic carbocycles. The van der Waals surface area contributed by atoms with Crippen LogP contribution >= 0.6 is 0 Å². The summed E-state index contributed by atoms with van der Waals surface area (Å²) in [4.78, 5) is 28.9. The van der Waals surface area contributed by atoms with Crippen LogP contribution in [-0.4, -0.2) is 40.5 Å². The van der Waals surface area contributed by atoms with Crippen molar-refractivity contribution in [2.24, 2.45) is 5.92 Å². The van der Waals surface area contributed by atoms with Gasteiger partial charge in [-0.3, -0.25) is 9.59 Å². The van der Waals surface area contributed by atoms with Crippen LogP contribution in [0.3, 0.4) is 0 Å². The minimum atomic E-state index is -1.08. The van der Waals surface area contributed by atoms with Gasteiger partial charge in [-0.2, -0.15) is 0 Å². The average molecular weight is 450 g/mol. The number of hydrogen-bond acceptors (Lipinski definition) is 4. The highest BCUT2D eigenvalue weighted by Crippen LogP contribution is 2.34. The minimum absolute atomic E-state index is 0.163. The van der Waals surface area contributed by atoms with E-state index in [-0.39, 0.29) is 11.8 Å². The van der Waals surface area contributed by atoms with Crippen LogP contribution in [0.5, 0.6) is 5.75 Å². The van der Waals surface area contributed by atoms with E-state index in [1.165, 1.54) is 0 Å². The monoisotopic (exact) mass is 449 g/mol. The average Bonchev–Trinajstić information content (AvgIpc) is 3.46. The molecule has 2 amide bonds. The van der Waals surface area contributed by atoms with E-state index < -0.39 is 5.54 Å². The summed E-state index contributed by atoms with van der Waals surface area (Å²) in [6.07, 6.45) is 2.48. The van der Waals surface area contributed by atoms with E-state index in [4.69, 9.17) is 9.15 Å². The second-order valence-corrected chi connectivity index (χ2v) is 9.12. The molecule has 174 valence electrons. The number of nitrogens with one attached hydrogen (secondary N) is 1. The van der Waals surface area contributed by atoms with Crippen LogP contribution in [0.4, 0.5) is 0 Å². The first kappa shape index (κ1) is 22.7. The third-order valence-corrected chi connectivity index (χ3v) is 6.25. The second kappa shape index (κ2) is 9.17. The van der Waals surface area contributed by atoms with Gasteiger partial charge < -0.3 is 23.9 Å². The van der Waals surface area contributed by atoms with Gasteiger partial charge in [0.2, 0.25) is 5.91 Å². The minimum Gasteiger partial charge on any atom is -0.497 e. The zero-order chi connectivity index (χ0) is 23.6. The predicted molar refractivity (Wildman–Crippen MR) is 126 cm³/mol. The molecule has 1 aliphatic rings. The Balaban J connectivity index is 1.72. The molecule has 4 rings (SSSR count). The van der Waals surface area contributed by atoms with Crippen LogP contribution in [0.15, 0.2) is 59.2 Å². The lowest BCUT2D eigenvalue weighted by molar-refractivity contribution is -0.133. The molecule has 0 bridgehead atoms. The van der Waals surface area contributed by atoms with Crippen LogP contribution in [0.1, 0.15) is 43.2 Å². The zero-order valence-corrected chi connectivity index (χ0v) is 19.6. The van der Waals surface area contributed by atoms with E-state index in [1.54, 1.807) is 24.3 Å². The first-order chi connectivity index (χ1) is 15.8. The van der Waals surface area contributed by atoms with Gasteiger partial charge in [0.05, 0.1) is 25.6 Å². The second-order valence-electron chi connectivity index (χ2n) is 9.12. The van der Waals surface area contributed by atoms with Crippen molar-refractivity contribution in [2.45, 2.75) is 45.8 Å². The van der Waals surface area contributed by atoms with Crippen molar-refractivity contribution in [3.8, 4) is 17.2 Å². The van der Waals surface area contributed by atoms with Crippen LogP contribution in [-0.2, 0) is 17.9 Å². The topological polar surface area (TPSA) is 76.7 Å². The Hall–Kier alpha value is -3.48. The smallest absolute Gasteiger partial charge is 0.271 e. The SMILES string of the molecule is COc1cccc(CN2C(=O)c3ccc(-c4ccco4)n3C[C@@]2(C)C(=O)NCCC(C)C)c1. The molecule has 3 aromatic rings. The molecule has 0 fully saturated rings. The lowest BCUT2D eigenvalue weighted by atomic mass is 9.93. The summed E-state index contributed by atoms with van der Waals surface area (Å²) in [5.41, 5.74) is 1.14.